The maximum absolute atomic E-state index is 9.75. The van der Waals surface area contributed by atoms with Crippen LogP contribution in [0.3, 0.4) is 0 Å². The quantitative estimate of drug-likeness (QED) is 0.287. The van der Waals surface area contributed by atoms with E-state index in [9.17, 15) is 17.3 Å². The molecule has 0 unspecified atom stereocenters. The Labute approximate surface area is 160 Å². The molecule has 0 amide bonds. The molecular formula is C20H19BF4O3. The van der Waals surface area contributed by atoms with E-state index in [1.54, 1.807) is 14.2 Å². The first-order chi connectivity index (χ1) is 13.2. The van der Waals surface area contributed by atoms with Gasteiger partial charge in [0.1, 0.15) is 11.5 Å². The van der Waals surface area contributed by atoms with Crippen molar-refractivity contribution in [1.82, 2.24) is 0 Å². The SMILES string of the molecule is COc1ccc(-c2cc(C)cc(-c3ccc(OC)cc3)[o+]2)cc1.F[B-](F)(F)F. The van der Waals surface area contributed by atoms with Gasteiger partial charge in [0.2, 0.25) is 0 Å². The topological polar surface area (TPSA) is 29.8 Å². The van der Waals surface area contributed by atoms with E-state index in [0.717, 1.165) is 39.7 Å². The Morgan fingerprint density at radius 1 is 0.679 bits per heavy atom. The lowest BCUT2D eigenvalue weighted by molar-refractivity contribution is 0.368. The number of hydrogen-bond acceptors (Lipinski definition) is 2. The van der Waals surface area contributed by atoms with E-state index in [0.29, 0.717) is 0 Å². The van der Waals surface area contributed by atoms with Gasteiger partial charge in [-0.15, -0.1) is 0 Å². The Kier molecular flexibility index (Phi) is 7.03. The van der Waals surface area contributed by atoms with E-state index in [4.69, 9.17) is 13.9 Å². The van der Waals surface area contributed by atoms with E-state index >= 15 is 0 Å². The highest BCUT2D eigenvalue weighted by Gasteiger charge is 2.20. The summed E-state index contributed by atoms with van der Waals surface area (Å²) in [5.41, 5.74) is 3.18. The van der Waals surface area contributed by atoms with Crippen LogP contribution in [0.4, 0.5) is 17.3 Å². The number of rotatable bonds is 4. The van der Waals surface area contributed by atoms with Crippen LogP contribution < -0.4 is 9.47 Å². The molecule has 0 fully saturated rings. The first-order valence-corrected chi connectivity index (χ1v) is 8.30. The molecule has 3 aromatic rings. The summed E-state index contributed by atoms with van der Waals surface area (Å²) in [7, 11) is -2.68. The predicted octanol–water partition coefficient (Wildman–Crippen LogP) is 6.52. The molecule has 0 atom stereocenters. The van der Waals surface area contributed by atoms with Gasteiger partial charge in [0.15, 0.2) is 0 Å². The molecule has 28 heavy (non-hydrogen) atoms. The minimum absolute atomic E-state index is 0.830. The minimum Gasteiger partial charge on any atom is -0.497 e. The van der Waals surface area contributed by atoms with Crippen LogP contribution in [-0.4, -0.2) is 21.5 Å². The average molecular weight is 394 g/mol. The van der Waals surface area contributed by atoms with Gasteiger partial charge in [-0.2, -0.15) is 0 Å². The number of ether oxygens (including phenoxy) is 2. The van der Waals surface area contributed by atoms with Crippen LogP contribution in [-0.2, 0) is 0 Å². The van der Waals surface area contributed by atoms with Gasteiger partial charge in [-0.3, -0.25) is 0 Å². The van der Waals surface area contributed by atoms with Crippen molar-refractivity contribution in [1.29, 1.82) is 0 Å². The fraction of sp³-hybridized carbons (Fsp3) is 0.150. The van der Waals surface area contributed by atoms with Gasteiger partial charge >= 0.3 is 18.8 Å². The Balaban J connectivity index is 0.000000500. The summed E-state index contributed by atoms with van der Waals surface area (Å²) in [6.45, 7) is 2.07. The molecule has 0 spiro atoms. The number of aryl methyl sites for hydroxylation is 1. The first-order valence-electron chi connectivity index (χ1n) is 8.30. The molecule has 0 N–H and O–H groups in total. The van der Waals surface area contributed by atoms with Crippen molar-refractivity contribution in [2.45, 2.75) is 6.92 Å². The minimum atomic E-state index is -6.00. The Morgan fingerprint density at radius 3 is 1.29 bits per heavy atom. The Bertz CT molecular complexity index is 823. The number of methoxy groups -OCH3 is 2. The predicted molar refractivity (Wildman–Crippen MR) is 102 cm³/mol. The van der Waals surface area contributed by atoms with Gasteiger partial charge < -0.3 is 26.7 Å². The van der Waals surface area contributed by atoms with Crippen LogP contribution in [0.5, 0.6) is 11.5 Å². The van der Waals surface area contributed by atoms with E-state index in [2.05, 4.69) is 6.92 Å². The summed E-state index contributed by atoms with van der Waals surface area (Å²) in [5, 5.41) is 0. The van der Waals surface area contributed by atoms with Crippen molar-refractivity contribution in [3.05, 3.63) is 66.2 Å². The molecule has 0 aliphatic carbocycles. The summed E-state index contributed by atoms with van der Waals surface area (Å²) < 4.78 is 55.5. The van der Waals surface area contributed by atoms with E-state index in [-0.39, 0.29) is 0 Å². The van der Waals surface area contributed by atoms with E-state index in [1.807, 2.05) is 60.7 Å². The highest BCUT2D eigenvalue weighted by Crippen LogP contribution is 2.30. The number of halogens is 4. The third-order valence-electron chi connectivity index (χ3n) is 3.69. The van der Waals surface area contributed by atoms with Crippen molar-refractivity contribution in [2.75, 3.05) is 14.2 Å². The second-order valence-corrected chi connectivity index (χ2v) is 5.82. The van der Waals surface area contributed by atoms with Gasteiger partial charge in [0.05, 0.1) is 25.3 Å². The lowest BCUT2D eigenvalue weighted by Crippen LogP contribution is -2.02. The van der Waals surface area contributed by atoms with Gasteiger partial charge in [-0.25, -0.2) is 4.42 Å². The highest BCUT2D eigenvalue weighted by molar-refractivity contribution is 6.50. The van der Waals surface area contributed by atoms with Gasteiger partial charge in [-0.05, 0) is 61.0 Å². The molecule has 3 nitrogen and oxygen atoms in total. The van der Waals surface area contributed by atoms with Gasteiger partial charge in [-0.1, -0.05) is 0 Å². The van der Waals surface area contributed by atoms with Gasteiger partial charge in [0.25, 0.3) is 0 Å². The van der Waals surface area contributed by atoms with Crippen molar-refractivity contribution in [2.24, 2.45) is 0 Å². The lowest BCUT2D eigenvalue weighted by atomic mass is 10.1. The fourth-order valence-electron chi connectivity index (χ4n) is 2.43. The van der Waals surface area contributed by atoms with Crippen molar-refractivity contribution >= 4 is 7.25 Å². The second-order valence-electron chi connectivity index (χ2n) is 5.82. The molecule has 1 heterocycles. The van der Waals surface area contributed by atoms with Crippen LogP contribution in [0.1, 0.15) is 5.56 Å². The molecule has 0 aliphatic rings. The van der Waals surface area contributed by atoms with Crippen LogP contribution in [0.25, 0.3) is 22.6 Å². The molecular weight excluding hydrogens is 375 g/mol. The van der Waals surface area contributed by atoms with Gasteiger partial charge in [0, 0.05) is 12.1 Å². The molecule has 0 bridgehead atoms. The zero-order valence-electron chi connectivity index (χ0n) is 15.6. The summed E-state index contributed by atoms with van der Waals surface area (Å²) in [5.74, 6) is 3.32. The molecule has 2 aromatic carbocycles. The van der Waals surface area contributed by atoms with Crippen molar-refractivity contribution in [3.63, 3.8) is 0 Å². The molecule has 0 radical (unpaired) electrons. The van der Waals surface area contributed by atoms with E-state index < -0.39 is 7.25 Å². The zero-order chi connectivity index (χ0) is 20.7. The van der Waals surface area contributed by atoms with Crippen LogP contribution in [0.15, 0.2) is 65.1 Å². The van der Waals surface area contributed by atoms with Crippen LogP contribution in [0, 0.1) is 6.92 Å². The summed E-state index contributed by atoms with van der Waals surface area (Å²) in [6.07, 6.45) is 0. The van der Waals surface area contributed by atoms with Crippen molar-refractivity contribution < 1.29 is 31.2 Å². The standard InChI is InChI=1S/C20H19O3.BF4/c1-14-12-19(15-4-8-17(21-2)9-5-15)23-20(13-14)16-6-10-18(22-3)11-7-16;2-1(3,4)5/h4-13H,1-3H3;/q+1;-1. The molecule has 3 rings (SSSR count). The number of hydrogen-bond donors (Lipinski definition) is 0. The normalized spacial score (nSPS) is 10.7. The Morgan fingerprint density at radius 2 is 1.00 bits per heavy atom. The molecule has 148 valence electrons. The monoisotopic (exact) mass is 394 g/mol. The zero-order valence-corrected chi connectivity index (χ0v) is 15.6. The molecule has 1 aromatic heterocycles. The maximum Gasteiger partial charge on any atom is 0.673 e. The largest absolute Gasteiger partial charge is 0.673 e. The van der Waals surface area contributed by atoms with Crippen molar-refractivity contribution in [3.8, 4) is 34.1 Å². The Hall–Kier alpha value is -3.03. The highest BCUT2D eigenvalue weighted by atomic mass is 19.5. The average Bonchev–Trinajstić information content (AvgIpc) is 2.66. The third kappa shape index (κ3) is 6.61. The summed E-state index contributed by atoms with van der Waals surface area (Å²) >= 11 is 0. The van der Waals surface area contributed by atoms with E-state index in [1.165, 1.54) is 0 Å². The third-order valence-corrected chi connectivity index (χ3v) is 3.69. The number of benzene rings is 2. The molecule has 0 aliphatic heterocycles. The molecule has 0 saturated carbocycles. The lowest BCUT2D eigenvalue weighted by Gasteiger charge is -2.01. The van der Waals surface area contributed by atoms with Crippen LogP contribution in [0.2, 0.25) is 0 Å². The first kappa shape index (κ1) is 21.3. The molecule has 8 heteroatoms. The summed E-state index contributed by atoms with van der Waals surface area (Å²) in [4.78, 5) is 0. The maximum atomic E-state index is 9.75. The summed E-state index contributed by atoms with van der Waals surface area (Å²) in [6, 6.07) is 19.8. The fourth-order valence-corrected chi connectivity index (χ4v) is 2.43. The molecule has 0 saturated heterocycles. The second kappa shape index (κ2) is 9.26. The smallest absolute Gasteiger partial charge is 0.497 e. The van der Waals surface area contributed by atoms with Crippen LogP contribution >= 0.6 is 0 Å².